The quantitative estimate of drug-likeness (QED) is 0.628. The molecule has 1 heterocycles. The Bertz CT molecular complexity index is 279. The molecule has 1 aliphatic rings. The fourth-order valence-electron chi connectivity index (χ4n) is 1.28. The van der Waals surface area contributed by atoms with E-state index in [0.29, 0.717) is 13.0 Å². The minimum absolute atomic E-state index is 0.217. The van der Waals surface area contributed by atoms with Crippen LogP contribution in [-0.4, -0.2) is 33.2 Å². The molecule has 13 heavy (non-hydrogen) atoms. The number of hydrogen-bond acceptors (Lipinski definition) is 4. The Kier molecular flexibility index (Phi) is 3.38. The minimum atomic E-state index is -4.68. The van der Waals surface area contributed by atoms with Crippen LogP contribution in [0.3, 0.4) is 0 Å². The van der Waals surface area contributed by atoms with Crippen LogP contribution >= 0.6 is 0 Å². The molecule has 0 aromatic rings. The normalized spacial score (nSPS) is 24.2. The van der Waals surface area contributed by atoms with Gasteiger partial charge in [0.1, 0.15) is 5.75 Å². The molecule has 0 saturated carbocycles. The molecule has 0 aromatic carbocycles. The van der Waals surface area contributed by atoms with E-state index in [4.69, 9.17) is 4.74 Å². The van der Waals surface area contributed by atoms with Gasteiger partial charge in [-0.2, -0.15) is 8.42 Å². The summed E-state index contributed by atoms with van der Waals surface area (Å²) in [6.07, 6.45) is 1.32. The highest BCUT2D eigenvalue weighted by atomic mass is 32.3. The highest BCUT2D eigenvalue weighted by Gasteiger charge is 2.25. The van der Waals surface area contributed by atoms with Gasteiger partial charge < -0.3 is 4.74 Å². The Morgan fingerprint density at radius 2 is 2.23 bits per heavy atom. The van der Waals surface area contributed by atoms with Crippen LogP contribution in [0, 0.1) is 5.92 Å². The molecule has 1 unspecified atom stereocenters. The third-order valence-corrected chi connectivity index (χ3v) is 2.56. The zero-order valence-electron chi connectivity index (χ0n) is 7.03. The molecule has 1 fully saturated rings. The van der Waals surface area contributed by atoms with Gasteiger partial charge in [-0.3, -0.25) is 4.79 Å². The average Bonchev–Trinajstić information content (AvgIpc) is 2.03. The van der Waals surface area contributed by atoms with E-state index < -0.39 is 27.7 Å². The summed E-state index contributed by atoms with van der Waals surface area (Å²) in [6, 6.07) is 0. The van der Waals surface area contributed by atoms with E-state index in [2.05, 4.69) is 0 Å². The first-order chi connectivity index (χ1) is 5.99. The molecule has 0 N–H and O–H groups in total. The molecule has 0 aromatic heterocycles. The van der Waals surface area contributed by atoms with Gasteiger partial charge in [0.2, 0.25) is 0 Å². The molecule has 1 aliphatic heterocycles. The van der Waals surface area contributed by atoms with E-state index in [1.807, 2.05) is 0 Å². The van der Waals surface area contributed by atoms with Gasteiger partial charge in [-0.05, 0) is 12.8 Å². The monoisotopic (exact) mass is 210 g/mol. The van der Waals surface area contributed by atoms with Crippen LogP contribution in [0.4, 0.5) is 3.89 Å². The fourth-order valence-corrected chi connectivity index (χ4v) is 1.86. The number of carbonyl (C=O) groups is 1. The largest absolute Gasteiger partial charge is 0.381 e. The lowest BCUT2D eigenvalue weighted by molar-refractivity contribution is -0.124. The van der Waals surface area contributed by atoms with E-state index in [9.17, 15) is 17.1 Å². The fraction of sp³-hybridized carbons (Fsp3) is 0.857. The van der Waals surface area contributed by atoms with Crippen molar-refractivity contribution in [3.63, 3.8) is 0 Å². The molecule has 6 heteroatoms. The van der Waals surface area contributed by atoms with Crippen LogP contribution in [0.5, 0.6) is 0 Å². The molecular formula is C7H11FO4S. The van der Waals surface area contributed by atoms with Crippen molar-refractivity contribution >= 4 is 16.0 Å². The summed E-state index contributed by atoms with van der Waals surface area (Å²) < 4.78 is 37.4. The summed E-state index contributed by atoms with van der Waals surface area (Å²) in [4.78, 5) is 11.1. The van der Waals surface area contributed by atoms with Crippen molar-refractivity contribution in [3.05, 3.63) is 0 Å². The van der Waals surface area contributed by atoms with Crippen LogP contribution in [0.15, 0.2) is 0 Å². The number of halogens is 1. The molecular weight excluding hydrogens is 199 g/mol. The van der Waals surface area contributed by atoms with Gasteiger partial charge in [-0.25, -0.2) is 0 Å². The summed E-state index contributed by atoms with van der Waals surface area (Å²) in [5.41, 5.74) is 0. The Balaban J connectivity index is 2.47. The van der Waals surface area contributed by atoms with Gasteiger partial charge in [0, 0.05) is 12.5 Å². The van der Waals surface area contributed by atoms with Crippen LogP contribution in [0.1, 0.15) is 12.8 Å². The summed E-state index contributed by atoms with van der Waals surface area (Å²) in [7, 11) is -4.68. The SMILES string of the molecule is O=C(CS(=O)(=O)F)C1CCCOC1. The standard InChI is InChI=1S/C7H11FO4S/c8-13(10,11)5-7(9)6-2-1-3-12-4-6/h6H,1-5H2. The summed E-state index contributed by atoms with van der Waals surface area (Å²) in [5.74, 6) is -2.04. The van der Waals surface area contributed by atoms with Crippen molar-refractivity contribution in [3.8, 4) is 0 Å². The molecule has 0 aliphatic carbocycles. The van der Waals surface area contributed by atoms with Crippen molar-refractivity contribution in [1.82, 2.24) is 0 Å². The Labute approximate surface area is 76.3 Å². The second kappa shape index (κ2) is 4.15. The van der Waals surface area contributed by atoms with E-state index >= 15 is 0 Å². The third-order valence-electron chi connectivity index (χ3n) is 1.93. The molecule has 0 amide bonds. The maximum Gasteiger partial charge on any atom is 0.309 e. The minimum Gasteiger partial charge on any atom is -0.381 e. The van der Waals surface area contributed by atoms with Crippen LogP contribution in [0.25, 0.3) is 0 Å². The molecule has 0 bridgehead atoms. The second-order valence-electron chi connectivity index (χ2n) is 3.06. The first-order valence-corrected chi connectivity index (χ1v) is 5.57. The van der Waals surface area contributed by atoms with Crippen molar-refractivity contribution in [2.45, 2.75) is 12.8 Å². The molecule has 4 nitrogen and oxygen atoms in total. The maximum atomic E-state index is 12.1. The number of ketones is 1. The molecule has 0 spiro atoms. The number of ether oxygens (including phenoxy) is 1. The van der Waals surface area contributed by atoms with E-state index in [1.54, 1.807) is 0 Å². The van der Waals surface area contributed by atoms with Gasteiger partial charge in [0.15, 0.2) is 5.78 Å². The lowest BCUT2D eigenvalue weighted by atomic mass is 9.99. The van der Waals surface area contributed by atoms with E-state index in [0.717, 1.165) is 6.42 Å². The predicted molar refractivity (Wildman–Crippen MR) is 43.4 cm³/mol. The third kappa shape index (κ3) is 3.82. The van der Waals surface area contributed by atoms with Gasteiger partial charge in [0.05, 0.1) is 6.61 Å². The molecule has 1 atom stereocenters. The Hall–Kier alpha value is -0.490. The number of Topliss-reactive ketones (excluding diaryl/α,β-unsaturated/α-hetero) is 1. The average molecular weight is 210 g/mol. The van der Waals surface area contributed by atoms with Crippen molar-refractivity contribution in [1.29, 1.82) is 0 Å². The van der Waals surface area contributed by atoms with E-state index in [1.165, 1.54) is 0 Å². The smallest absolute Gasteiger partial charge is 0.309 e. The molecule has 0 radical (unpaired) electrons. The molecule has 1 rings (SSSR count). The summed E-state index contributed by atoms with van der Waals surface area (Å²) in [5, 5.41) is 0. The zero-order chi connectivity index (χ0) is 9.90. The van der Waals surface area contributed by atoms with Crippen molar-refractivity contribution in [2.75, 3.05) is 19.0 Å². The zero-order valence-corrected chi connectivity index (χ0v) is 7.85. The van der Waals surface area contributed by atoms with Crippen molar-refractivity contribution in [2.24, 2.45) is 5.92 Å². The van der Waals surface area contributed by atoms with Gasteiger partial charge in [0.25, 0.3) is 0 Å². The van der Waals surface area contributed by atoms with Crippen LogP contribution in [0.2, 0.25) is 0 Å². The summed E-state index contributed by atoms with van der Waals surface area (Å²) in [6.45, 7) is 0.806. The summed E-state index contributed by atoms with van der Waals surface area (Å²) >= 11 is 0. The maximum absolute atomic E-state index is 12.1. The number of hydrogen-bond donors (Lipinski definition) is 0. The number of carbonyl (C=O) groups excluding carboxylic acids is 1. The van der Waals surface area contributed by atoms with Crippen LogP contribution < -0.4 is 0 Å². The molecule has 76 valence electrons. The predicted octanol–water partition coefficient (Wildman–Crippen LogP) is 0.281. The van der Waals surface area contributed by atoms with Crippen LogP contribution in [-0.2, 0) is 19.8 Å². The second-order valence-corrected chi connectivity index (χ2v) is 4.43. The highest BCUT2D eigenvalue weighted by Crippen LogP contribution is 2.15. The van der Waals surface area contributed by atoms with Gasteiger partial charge in [-0.15, -0.1) is 3.89 Å². The van der Waals surface area contributed by atoms with Crippen molar-refractivity contribution < 1.29 is 21.8 Å². The number of rotatable bonds is 3. The highest BCUT2D eigenvalue weighted by molar-refractivity contribution is 7.87. The molecule has 1 saturated heterocycles. The topological polar surface area (TPSA) is 60.4 Å². The van der Waals surface area contributed by atoms with Gasteiger partial charge >= 0.3 is 10.2 Å². The first-order valence-electron chi connectivity index (χ1n) is 4.02. The first kappa shape index (κ1) is 10.6. The lowest BCUT2D eigenvalue weighted by Crippen LogP contribution is -2.29. The van der Waals surface area contributed by atoms with Gasteiger partial charge in [-0.1, -0.05) is 0 Å². The Morgan fingerprint density at radius 1 is 1.54 bits per heavy atom. The van der Waals surface area contributed by atoms with E-state index in [-0.39, 0.29) is 6.61 Å². The Morgan fingerprint density at radius 3 is 2.69 bits per heavy atom. The lowest BCUT2D eigenvalue weighted by Gasteiger charge is -2.19.